The van der Waals surface area contributed by atoms with E-state index >= 15 is 0 Å². The molecule has 4 nitrogen and oxygen atoms in total. The standard InChI is InChI=1S/C14H18N2O2/c17-14(18)10-1-2-11(15-8-10)5-9-6-12-3-4-13(7-9)16-12/h1-2,8-9,12-13,16H,3-7H2,(H,17,18). The molecule has 1 aromatic heterocycles. The van der Waals surface area contributed by atoms with Crippen LogP contribution in [-0.4, -0.2) is 28.1 Å². The molecule has 0 radical (unpaired) electrons. The number of carbonyl (C=O) groups is 1. The van der Waals surface area contributed by atoms with Crippen molar-refractivity contribution in [3.05, 3.63) is 29.6 Å². The van der Waals surface area contributed by atoms with Crippen molar-refractivity contribution >= 4 is 5.97 Å². The summed E-state index contributed by atoms with van der Waals surface area (Å²) in [5.74, 6) is -0.208. The summed E-state index contributed by atoms with van der Waals surface area (Å²) in [6.07, 6.45) is 7.54. The van der Waals surface area contributed by atoms with E-state index in [-0.39, 0.29) is 5.56 Å². The molecular formula is C14H18N2O2. The molecule has 2 N–H and O–H groups in total. The van der Waals surface area contributed by atoms with Crippen LogP contribution in [0, 0.1) is 5.92 Å². The van der Waals surface area contributed by atoms with E-state index in [4.69, 9.17) is 5.11 Å². The molecule has 96 valence electrons. The largest absolute Gasteiger partial charge is 0.478 e. The maximum atomic E-state index is 10.7. The fraction of sp³-hybridized carbons (Fsp3) is 0.571. The monoisotopic (exact) mass is 246 g/mol. The van der Waals surface area contributed by atoms with E-state index in [0.29, 0.717) is 18.0 Å². The molecule has 3 rings (SSSR count). The molecule has 2 aliphatic rings. The average molecular weight is 246 g/mol. The van der Waals surface area contributed by atoms with Crippen molar-refractivity contribution in [1.29, 1.82) is 0 Å². The van der Waals surface area contributed by atoms with Crippen LogP contribution in [0.2, 0.25) is 0 Å². The van der Waals surface area contributed by atoms with Crippen molar-refractivity contribution < 1.29 is 9.90 Å². The summed E-state index contributed by atoms with van der Waals surface area (Å²) in [5.41, 5.74) is 1.29. The summed E-state index contributed by atoms with van der Waals surface area (Å²) in [5, 5.41) is 12.5. The molecule has 2 aliphatic heterocycles. The highest BCUT2D eigenvalue weighted by molar-refractivity contribution is 5.87. The topological polar surface area (TPSA) is 62.2 Å². The Balaban J connectivity index is 1.64. The van der Waals surface area contributed by atoms with Gasteiger partial charge in [-0.25, -0.2) is 4.79 Å². The number of hydrogen-bond acceptors (Lipinski definition) is 3. The molecular weight excluding hydrogens is 228 g/mol. The lowest BCUT2D eigenvalue weighted by Gasteiger charge is -2.28. The first kappa shape index (κ1) is 11.7. The van der Waals surface area contributed by atoms with E-state index in [1.165, 1.54) is 31.9 Å². The van der Waals surface area contributed by atoms with Gasteiger partial charge in [-0.1, -0.05) is 0 Å². The number of pyridine rings is 1. The highest BCUT2D eigenvalue weighted by Crippen LogP contribution is 2.32. The van der Waals surface area contributed by atoms with E-state index < -0.39 is 5.97 Å². The number of aromatic nitrogens is 1. The van der Waals surface area contributed by atoms with Crippen molar-refractivity contribution in [1.82, 2.24) is 10.3 Å². The molecule has 2 atom stereocenters. The van der Waals surface area contributed by atoms with Gasteiger partial charge in [0, 0.05) is 24.0 Å². The minimum Gasteiger partial charge on any atom is -0.478 e. The lowest BCUT2D eigenvalue weighted by atomic mass is 9.88. The van der Waals surface area contributed by atoms with Gasteiger partial charge in [0.2, 0.25) is 0 Å². The second-order valence-electron chi connectivity index (χ2n) is 5.52. The Morgan fingerprint density at radius 1 is 1.33 bits per heavy atom. The van der Waals surface area contributed by atoms with E-state index in [0.717, 1.165) is 12.1 Å². The number of fused-ring (bicyclic) bond motifs is 2. The predicted molar refractivity (Wildman–Crippen MR) is 67.6 cm³/mol. The summed E-state index contributed by atoms with van der Waals surface area (Å²) >= 11 is 0. The summed E-state index contributed by atoms with van der Waals surface area (Å²) in [6, 6.07) is 4.91. The lowest BCUT2D eigenvalue weighted by Crippen LogP contribution is -2.38. The van der Waals surface area contributed by atoms with Crippen molar-refractivity contribution in [2.75, 3.05) is 0 Å². The number of aromatic carboxylic acids is 1. The minimum atomic E-state index is -0.908. The summed E-state index contributed by atoms with van der Waals surface area (Å²) in [4.78, 5) is 15.0. The zero-order valence-corrected chi connectivity index (χ0v) is 10.3. The first-order valence-corrected chi connectivity index (χ1v) is 6.65. The van der Waals surface area contributed by atoms with E-state index in [2.05, 4.69) is 10.3 Å². The fourth-order valence-electron chi connectivity index (χ4n) is 3.31. The molecule has 2 saturated heterocycles. The van der Waals surface area contributed by atoms with Crippen LogP contribution >= 0.6 is 0 Å². The Bertz CT molecular complexity index is 432. The molecule has 0 aromatic carbocycles. The van der Waals surface area contributed by atoms with Crippen LogP contribution in [-0.2, 0) is 6.42 Å². The van der Waals surface area contributed by atoms with Crippen LogP contribution < -0.4 is 5.32 Å². The first-order chi connectivity index (χ1) is 8.70. The molecule has 0 saturated carbocycles. The molecule has 4 heteroatoms. The van der Waals surface area contributed by atoms with Crippen LogP contribution in [0.25, 0.3) is 0 Å². The Kier molecular flexibility index (Phi) is 3.04. The number of hydrogen-bond donors (Lipinski definition) is 2. The van der Waals surface area contributed by atoms with Crippen molar-refractivity contribution in [2.45, 2.75) is 44.2 Å². The Labute approximate surface area is 106 Å². The second kappa shape index (κ2) is 4.69. The van der Waals surface area contributed by atoms with Gasteiger partial charge in [0.05, 0.1) is 5.56 Å². The highest BCUT2D eigenvalue weighted by atomic mass is 16.4. The molecule has 0 spiro atoms. The zero-order valence-electron chi connectivity index (χ0n) is 10.3. The third-order valence-corrected chi connectivity index (χ3v) is 4.14. The Morgan fingerprint density at radius 2 is 2.06 bits per heavy atom. The van der Waals surface area contributed by atoms with Gasteiger partial charge in [0.1, 0.15) is 0 Å². The van der Waals surface area contributed by atoms with Gasteiger partial charge in [-0.05, 0) is 50.2 Å². The molecule has 0 aliphatic carbocycles. The number of rotatable bonds is 3. The minimum absolute atomic E-state index is 0.268. The van der Waals surface area contributed by atoms with Crippen LogP contribution in [0.1, 0.15) is 41.7 Å². The number of nitrogens with zero attached hydrogens (tertiary/aromatic N) is 1. The molecule has 2 unspecified atom stereocenters. The summed E-state index contributed by atoms with van der Waals surface area (Å²) in [7, 11) is 0. The lowest BCUT2D eigenvalue weighted by molar-refractivity contribution is 0.0696. The van der Waals surface area contributed by atoms with Crippen molar-refractivity contribution in [2.24, 2.45) is 5.92 Å². The summed E-state index contributed by atoms with van der Waals surface area (Å²) in [6.45, 7) is 0. The predicted octanol–water partition coefficient (Wildman–Crippen LogP) is 1.85. The molecule has 18 heavy (non-hydrogen) atoms. The number of nitrogens with one attached hydrogen (secondary N) is 1. The maximum absolute atomic E-state index is 10.7. The van der Waals surface area contributed by atoms with E-state index in [1.807, 2.05) is 6.07 Å². The highest BCUT2D eigenvalue weighted by Gasteiger charge is 2.33. The molecule has 3 heterocycles. The van der Waals surface area contributed by atoms with Gasteiger partial charge >= 0.3 is 5.97 Å². The van der Waals surface area contributed by atoms with Crippen molar-refractivity contribution in [3.8, 4) is 0 Å². The van der Waals surface area contributed by atoms with Gasteiger partial charge in [0.25, 0.3) is 0 Å². The normalized spacial score (nSPS) is 30.3. The van der Waals surface area contributed by atoms with Gasteiger partial charge in [-0.2, -0.15) is 0 Å². The maximum Gasteiger partial charge on any atom is 0.337 e. The number of piperidine rings is 1. The van der Waals surface area contributed by atoms with Crippen LogP contribution in [0.15, 0.2) is 18.3 Å². The zero-order chi connectivity index (χ0) is 12.5. The SMILES string of the molecule is O=C(O)c1ccc(CC2CC3CCC(C2)N3)nc1. The fourth-order valence-corrected chi connectivity index (χ4v) is 3.31. The second-order valence-corrected chi connectivity index (χ2v) is 5.52. The average Bonchev–Trinajstić information content (AvgIpc) is 2.69. The number of carboxylic acids is 1. The molecule has 1 aromatic rings. The van der Waals surface area contributed by atoms with Gasteiger partial charge in [-0.3, -0.25) is 4.98 Å². The summed E-state index contributed by atoms with van der Waals surface area (Å²) < 4.78 is 0. The third kappa shape index (κ3) is 2.38. The van der Waals surface area contributed by atoms with Crippen LogP contribution in [0.5, 0.6) is 0 Å². The van der Waals surface area contributed by atoms with Gasteiger partial charge < -0.3 is 10.4 Å². The molecule has 2 bridgehead atoms. The molecule has 0 amide bonds. The van der Waals surface area contributed by atoms with Crippen molar-refractivity contribution in [3.63, 3.8) is 0 Å². The number of carboxylic acid groups (broad SMARTS) is 1. The Hall–Kier alpha value is -1.42. The smallest absolute Gasteiger partial charge is 0.337 e. The van der Waals surface area contributed by atoms with E-state index in [1.54, 1.807) is 6.07 Å². The van der Waals surface area contributed by atoms with Crippen LogP contribution in [0.3, 0.4) is 0 Å². The van der Waals surface area contributed by atoms with Gasteiger partial charge in [0.15, 0.2) is 0 Å². The van der Waals surface area contributed by atoms with Crippen LogP contribution in [0.4, 0.5) is 0 Å². The quantitative estimate of drug-likeness (QED) is 0.854. The molecule has 2 fully saturated rings. The third-order valence-electron chi connectivity index (χ3n) is 4.14. The van der Waals surface area contributed by atoms with Gasteiger partial charge in [-0.15, -0.1) is 0 Å². The first-order valence-electron chi connectivity index (χ1n) is 6.65. The Morgan fingerprint density at radius 3 is 2.61 bits per heavy atom. The van der Waals surface area contributed by atoms with E-state index in [9.17, 15) is 4.79 Å².